The summed E-state index contributed by atoms with van der Waals surface area (Å²) in [5.74, 6) is -0.783. The van der Waals surface area contributed by atoms with E-state index in [1.807, 2.05) is 6.92 Å². The van der Waals surface area contributed by atoms with Crippen LogP contribution in [0.2, 0.25) is 0 Å². The van der Waals surface area contributed by atoms with Gasteiger partial charge in [-0.25, -0.2) is 13.9 Å². The average molecular weight is 291 g/mol. The molecule has 1 aromatic heterocycles. The van der Waals surface area contributed by atoms with Crippen LogP contribution in [0.25, 0.3) is 0 Å². The van der Waals surface area contributed by atoms with Gasteiger partial charge in [-0.3, -0.25) is 0 Å². The topological polar surface area (TPSA) is 57.0 Å². The Morgan fingerprint density at radius 2 is 2.10 bits per heavy atom. The van der Waals surface area contributed by atoms with Crippen molar-refractivity contribution < 1.29 is 13.9 Å². The van der Waals surface area contributed by atoms with Crippen molar-refractivity contribution in [2.45, 2.75) is 33.2 Å². The van der Waals surface area contributed by atoms with E-state index in [0.717, 1.165) is 6.42 Å². The number of carbonyl (C=O) groups excluding carboxylic acids is 1. The predicted octanol–water partition coefficient (Wildman–Crippen LogP) is 2.59. The molecule has 0 bridgehead atoms. The fourth-order valence-corrected chi connectivity index (χ4v) is 2.09. The Kier molecular flexibility index (Phi) is 5.03. The van der Waals surface area contributed by atoms with Crippen LogP contribution in [0.3, 0.4) is 0 Å². The van der Waals surface area contributed by atoms with Gasteiger partial charge in [0.25, 0.3) is 0 Å². The summed E-state index contributed by atoms with van der Waals surface area (Å²) in [6.45, 7) is 4.26. The fraction of sp³-hybridized carbons (Fsp3) is 0.400. The summed E-state index contributed by atoms with van der Waals surface area (Å²) in [7, 11) is 0. The van der Waals surface area contributed by atoms with Gasteiger partial charge in [0, 0.05) is 5.56 Å². The lowest BCUT2D eigenvalue weighted by Crippen LogP contribution is -2.12. The van der Waals surface area contributed by atoms with Crippen LogP contribution in [0.15, 0.2) is 24.3 Å². The lowest BCUT2D eigenvalue weighted by Gasteiger charge is -2.08. The molecule has 5 nitrogen and oxygen atoms in total. The fourth-order valence-electron chi connectivity index (χ4n) is 2.09. The first kappa shape index (κ1) is 15.2. The van der Waals surface area contributed by atoms with Crippen molar-refractivity contribution in [2.24, 2.45) is 0 Å². The third-order valence-corrected chi connectivity index (χ3v) is 3.07. The van der Waals surface area contributed by atoms with Crippen LogP contribution in [0.5, 0.6) is 0 Å². The number of hydrogen-bond acceptors (Lipinski definition) is 4. The lowest BCUT2D eigenvalue weighted by molar-refractivity contribution is 0.0518. The molecule has 112 valence electrons. The Hall–Kier alpha value is -2.24. The Morgan fingerprint density at radius 1 is 1.33 bits per heavy atom. The molecule has 1 aromatic carbocycles. The van der Waals surface area contributed by atoms with Crippen molar-refractivity contribution in [3.8, 4) is 0 Å². The standard InChI is InChI=1S/C15H18FN3O2/c1-3-7-13-14(15(20)21-4-2)17-18-19(13)10-11-8-5-6-9-12(11)16/h5-6,8-9H,3-4,7,10H2,1-2H3. The molecule has 2 aromatic rings. The van der Waals surface area contributed by atoms with E-state index >= 15 is 0 Å². The van der Waals surface area contributed by atoms with Crippen LogP contribution in [0.1, 0.15) is 42.0 Å². The second-order valence-electron chi connectivity index (χ2n) is 4.60. The number of aromatic nitrogens is 3. The summed E-state index contributed by atoms with van der Waals surface area (Å²) >= 11 is 0. The maximum absolute atomic E-state index is 13.7. The second-order valence-corrected chi connectivity index (χ2v) is 4.60. The van der Waals surface area contributed by atoms with Crippen LogP contribution in [-0.4, -0.2) is 27.6 Å². The minimum atomic E-state index is -0.485. The van der Waals surface area contributed by atoms with E-state index in [1.165, 1.54) is 6.07 Å². The van der Waals surface area contributed by atoms with Crippen molar-refractivity contribution in [3.05, 3.63) is 47.0 Å². The summed E-state index contributed by atoms with van der Waals surface area (Å²) in [5, 5.41) is 7.87. The minimum Gasteiger partial charge on any atom is -0.461 e. The molecule has 0 saturated heterocycles. The molecule has 0 radical (unpaired) electrons. The van der Waals surface area contributed by atoms with Gasteiger partial charge in [-0.15, -0.1) is 5.10 Å². The van der Waals surface area contributed by atoms with Gasteiger partial charge in [0.15, 0.2) is 5.69 Å². The van der Waals surface area contributed by atoms with E-state index in [2.05, 4.69) is 10.3 Å². The molecule has 0 N–H and O–H groups in total. The van der Waals surface area contributed by atoms with Crippen molar-refractivity contribution in [1.29, 1.82) is 0 Å². The Balaban J connectivity index is 2.31. The summed E-state index contributed by atoms with van der Waals surface area (Å²) in [5.41, 5.74) is 1.41. The van der Waals surface area contributed by atoms with Crippen LogP contribution in [0, 0.1) is 5.82 Å². The molecule has 21 heavy (non-hydrogen) atoms. The highest BCUT2D eigenvalue weighted by atomic mass is 19.1. The molecule has 0 aliphatic rings. The zero-order valence-electron chi connectivity index (χ0n) is 12.2. The number of rotatable bonds is 6. The number of esters is 1. The predicted molar refractivity (Wildman–Crippen MR) is 75.5 cm³/mol. The number of halogens is 1. The zero-order chi connectivity index (χ0) is 15.2. The molecular weight excluding hydrogens is 273 g/mol. The van der Waals surface area contributed by atoms with Crippen LogP contribution < -0.4 is 0 Å². The monoisotopic (exact) mass is 291 g/mol. The number of hydrogen-bond donors (Lipinski definition) is 0. The molecule has 0 atom stereocenters. The molecule has 0 unspecified atom stereocenters. The quantitative estimate of drug-likeness (QED) is 0.768. The maximum atomic E-state index is 13.7. The number of ether oxygens (including phenoxy) is 1. The highest BCUT2D eigenvalue weighted by Crippen LogP contribution is 2.14. The SMILES string of the molecule is CCCc1c(C(=O)OCC)nnn1Cc1ccccc1F. The lowest BCUT2D eigenvalue weighted by atomic mass is 10.1. The van der Waals surface area contributed by atoms with Gasteiger partial charge < -0.3 is 4.74 Å². The first-order valence-corrected chi connectivity index (χ1v) is 7.00. The molecule has 0 aliphatic heterocycles. The van der Waals surface area contributed by atoms with E-state index in [0.29, 0.717) is 17.7 Å². The van der Waals surface area contributed by atoms with E-state index in [1.54, 1.807) is 29.8 Å². The van der Waals surface area contributed by atoms with E-state index in [4.69, 9.17) is 4.74 Å². The molecule has 2 rings (SSSR count). The van der Waals surface area contributed by atoms with Gasteiger partial charge in [-0.2, -0.15) is 0 Å². The largest absolute Gasteiger partial charge is 0.461 e. The summed E-state index contributed by atoms with van der Waals surface area (Å²) in [6.07, 6.45) is 1.46. The molecule has 0 saturated carbocycles. The molecule has 1 heterocycles. The average Bonchev–Trinajstić information content (AvgIpc) is 2.85. The van der Waals surface area contributed by atoms with E-state index < -0.39 is 5.97 Å². The zero-order valence-corrected chi connectivity index (χ0v) is 12.2. The molecule has 0 fully saturated rings. The Labute approximate surface area is 122 Å². The Morgan fingerprint density at radius 3 is 2.76 bits per heavy atom. The first-order chi connectivity index (χ1) is 10.2. The van der Waals surface area contributed by atoms with E-state index in [-0.39, 0.29) is 24.7 Å². The van der Waals surface area contributed by atoms with Gasteiger partial charge in [0.05, 0.1) is 18.8 Å². The summed E-state index contributed by atoms with van der Waals surface area (Å²) in [6, 6.07) is 6.49. The van der Waals surface area contributed by atoms with Crippen LogP contribution in [-0.2, 0) is 17.7 Å². The van der Waals surface area contributed by atoms with Crippen LogP contribution >= 0.6 is 0 Å². The summed E-state index contributed by atoms with van der Waals surface area (Å²) < 4.78 is 20.3. The van der Waals surface area contributed by atoms with Crippen molar-refractivity contribution in [2.75, 3.05) is 6.61 Å². The third-order valence-electron chi connectivity index (χ3n) is 3.07. The smallest absolute Gasteiger partial charge is 0.360 e. The Bertz CT molecular complexity index is 625. The molecule has 0 spiro atoms. The number of carbonyl (C=O) groups is 1. The van der Waals surface area contributed by atoms with E-state index in [9.17, 15) is 9.18 Å². The first-order valence-electron chi connectivity index (χ1n) is 7.00. The van der Waals surface area contributed by atoms with Gasteiger partial charge in [-0.1, -0.05) is 36.8 Å². The molecule has 0 aliphatic carbocycles. The molecule has 0 amide bonds. The number of nitrogens with zero attached hydrogens (tertiary/aromatic N) is 3. The van der Waals surface area contributed by atoms with Gasteiger partial charge in [-0.05, 0) is 19.4 Å². The second kappa shape index (κ2) is 6.97. The molecule has 6 heteroatoms. The van der Waals surface area contributed by atoms with Crippen molar-refractivity contribution >= 4 is 5.97 Å². The maximum Gasteiger partial charge on any atom is 0.360 e. The third kappa shape index (κ3) is 3.45. The summed E-state index contributed by atoms with van der Waals surface area (Å²) in [4.78, 5) is 11.9. The number of benzene rings is 1. The van der Waals surface area contributed by atoms with Gasteiger partial charge >= 0.3 is 5.97 Å². The normalized spacial score (nSPS) is 10.6. The van der Waals surface area contributed by atoms with Crippen molar-refractivity contribution in [3.63, 3.8) is 0 Å². The van der Waals surface area contributed by atoms with Gasteiger partial charge in [0.1, 0.15) is 5.82 Å². The van der Waals surface area contributed by atoms with Gasteiger partial charge in [0.2, 0.25) is 0 Å². The minimum absolute atomic E-state index is 0.218. The molecular formula is C15H18FN3O2. The van der Waals surface area contributed by atoms with Crippen LogP contribution in [0.4, 0.5) is 4.39 Å². The highest BCUT2D eigenvalue weighted by molar-refractivity contribution is 5.88. The highest BCUT2D eigenvalue weighted by Gasteiger charge is 2.20. The van der Waals surface area contributed by atoms with Crippen molar-refractivity contribution in [1.82, 2.24) is 15.0 Å².